The summed E-state index contributed by atoms with van der Waals surface area (Å²) < 4.78 is 26.0. The highest BCUT2D eigenvalue weighted by molar-refractivity contribution is 7.48. The van der Waals surface area contributed by atoms with Gasteiger partial charge < -0.3 is 9.05 Å². The average molecular weight is 613 g/mol. The first-order valence-corrected chi connectivity index (χ1v) is 15.7. The SMILES string of the molecule is CC1(C)CC23CC(C)(C)c4ccc(-c5ccc([N+](=O)[O-])cc5)c(c42)OP(=O)(O)Oc2c(-c4ccc([N+](=O)[O-])cc4)ccc1c23. The van der Waals surface area contributed by atoms with Crippen molar-refractivity contribution in [2.24, 2.45) is 0 Å². The molecule has 1 N–H and O–H groups in total. The second-order valence-corrected chi connectivity index (χ2v) is 14.5. The van der Waals surface area contributed by atoms with Crippen LogP contribution in [0.2, 0.25) is 0 Å². The summed E-state index contributed by atoms with van der Waals surface area (Å²) in [5.74, 6) is 0.477. The molecule has 10 nitrogen and oxygen atoms in total. The first kappa shape index (κ1) is 28.3. The molecular weight excluding hydrogens is 583 g/mol. The molecule has 1 heterocycles. The highest BCUT2D eigenvalue weighted by Gasteiger charge is 2.61. The first-order chi connectivity index (χ1) is 20.6. The van der Waals surface area contributed by atoms with Gasteiger partial charge in [-0.1, -0.05) is 52.0 Å². The van der Waals surface area contributed by atoms with Crippen LogP contribution in [0.5, 0.6) is 11.5 Å². The van der Waals surface area contributed by atoms with Crippen molar-refractivity contribution in [3.05, 3.63) is 115 Å². The fourth-order valence-electron chi connectivity index (χ4n) is 7.90. The highest BCUT2D eigenvalue weighted by atomic mass is 31.2. The molecule has 0 bridgehead atoms. The number of nitro benzene ring substituents is 2. The maximum absolute atomic E-state index is 13.9. The topological polar surface area (TPSA) is 142 Å². The van der Waals surface area contributed by atoms with Gasteiger partial charge in [-0.3, -0.25) is 25.1 Å². The van der Waals surface area contributed by atoms with E-state index in [0.717, 1.165) is 22.3 Å². The molecule has 2 aliphatic carbocycles. The van der Waals surface area contributed by atoms with Gasteiger partial charge in [0.25, 0.3) is 11.4 Å². The maximum atomic E-state index is 13.9. The van der Waals surface area contributed by atoms with E-state index in [4.69, 9.17) is 9.05 Å². The largest absolute Gasteiger partial charge is 0.584 e. The minimum absolute atomic E-state index is 0.0675. The van der Waals surface area contributed by atoms with Crippen LogP contribution in [0, 0.1) is 20.2 Å². The van der Waals surface area contributed by atoms with E-state index in [1.54, 1.807) is 24.3 Å². The number of hydrogen-bond donors (Lipinski definition) is 1. The normalized spacial score (nSPS) is 19.0. The van der Waals surface area contributed by atoms with E-state index in [1.807, 2.05) is 24.3 Å². The van der Waals surface area contributed by atoms with E-state index in [2.05, 4.69) is 27.7 Å². The number of nitro groups is 2. The van der Waals surface area contributed by atoms with Crippen LogP contribution >= 0.6 is 7.82 Å². The summed E-state index contributed by atoms with van der Waals surface area (Å²) in [4.78, 5) is 33.0. The van der Waals surface area contributed by atoms with Gasteiger partial charge in [-0.15, -0.1) is 0 Å². The van der Waals surface area contributed by atoms with Crippen LogP contribution in [0.1, 0.15) is 62.8 Å². The molecular formula is C33H29N2O8P. The zero-order valence-corrected chi connectivity index (χ0v) is 25.4. The number of phosphoric ester groups is 1. The Morgan fingerprint density at radius 3 is 1.36 bits per heavy atom. The molecule has 0 amide bonds. The van der Waals surface area contributed by atoms with Gasteiger partial charge in [0, 0.05) is 51.9 Å². The molecule has 0 fully saturated rings. The molecule has 0 aromatic heterocycles. The monoisotopic (exact) mass is 612 g/mol. The lowest BCUT2D eigenvalue weighted by Crippen LogP contribution is -2.29. The smallest absolute Gasteiger partial charge is 0.394 e. The summed E-state index contributed by atoms with van der Waals surface area (Å²) in [5.41, 5.74) is 4.44. The molecule has 3 aliphatic rings. The van der Waals surface area contributed by atoms with Crippen LogP contribution in [-0.2, 0) is 20.8 Å². The standard InChI is InChI=1S/C33H29N2O8P/c1-31(2)17-33-18-32(3,4)26-16-14-24(20-7-11-22(12-8-20)35(38)39)30(28(26)33)43-44(40,41)42-29-23(13-15-25(31)27(29)33)19-5-9-21(10-6-19)34(36)37/h5-16H,17-18H2,1-4H3,(H,40,41). The van der Waals surface area contributed by atoms with Crippen molar-refractivity contribution in [2.45, 2.75) is 56.8 Å². The van der Waals surface area contributed by atoms with Crippen LogP contribution < -0.4 is 9.05 Å². The Labute approximate surface area is 253 Å². The third-order valence-corrected chi connectivity index (χ3v) is 10.2. The molecule has 0 radical (unpaired) electrons. The Morgan fingerprint density at radius 1 is 0.659 bits per heavy atom. The predicted octanol–water partition coefficient (Wildman–Crippen LogP) is 8.36. The van der Waals surface area contributed by atoms with Gasteiger partial charge in [0.1, 0.15) is 11.5 Å². The highest BCUT2D eigenvalue weighted by Crippen LogP contribution is 2.71. The Kier molecular flexibility index (Phi) is 5.78. The van der Waals surface area contributed by atoms with E-state index in [9.17, 15) is 29.7 Å². The van der Waals surface area contributed by atoms with E-state index in [0.29, 0.717) is 35.1 Å². The minimum Gasteiger partial charge on any atom is -0.394 e. The van der Waals surface area contributed by atoms with Crippen LogP contribution in [0.15, 0.2) is 72.8 Å². The molecule has 0 saturated heterocycles. The lowest BCUT2D eigenvalue weighted by molar-refractivity contribution is -0.385. The minimum atomic E-state index is -4.81. The summed E-state index contributed by atoms with van der Waals surface area (Å²) >= 11 is 0. The van der Waals surface area contributed by atoms with Crippen molar-refractivity contribution >= 4 is 19.2 Å². The molecule has 0 saturated carbocycles. The Morgan fingerprint density at radius 2 is 1.02 bits per heavy atom. The van der Waals surface area contributed by atoms with Gasteiger partial charge in [-0.2, -0.15) is 0 Å². The molecule has 0 unspecified atom stereocenters. The third kappa shape index (κ3) is 4.01. The summed E-state index contributed by atoms with van der Waals surface area (Å²) in [6.45, 7) is 8.60. The number of non-ortho nitro benzene ring substituents is 2. The summed E-state index contributed by atoms with van der Waals surface area (Å²) in [6.07, 6.45) is 1.36. The third-order valence-electron chi connectivity index (χ3n) is 9.41. The van der Waals surface area contributed by atoms with E-state index >= 15 is 0 Å². The van der Waals surface area contributed by atoms with Crippen molar-refractivity contribution in [3.8, 4) is 33.8 Å². The number of hydrogen-bond acceptors (Lipinski definition) is 7. The fourth-order valence-corrected chi connectivity index (χ4v) is 8.78. The van der Waals surface area contributed by atoms with Gasteiger partial charge in [0.05, 0.1) is 9.85 Å². The molecule has 7 rings (SSSR count). The maximum Gasteiger partial charge on any atom is 0.584 e. The fraction of sp³-hybridized carbons (Fsp3) is 0.273. The first-order valence-electron chi connectivity index (χ1n) is 14.2. The van der Waals surface area contributed by atoms with Gasteiger partial charge in [-0.25, -0.2) is 4.57 Å². The van der Waals surface area contributed by atoms with E-state index in [1.165, 1.54) is 24.3 Å². The van der Waals surface area contributed by atoms with Gasteiger partial charge in [0.15, 0.2) is 0 Å². The molecule has 224 valence electrons. The number of nitrogens with zero attached hydrogens (tertiary/aromatic N) is 2. The molecule has 11 heteroatoms. The zero-order valence-electron chi connectivity index (χ0n) is 24.5. The lowest BCUT2D eigenvalue weighted by Gasteiger charge is -2.35. The van der Waals surface area contributed by atoms with Gasteiger partial charge in [0.2, 0.25) is 0 Å². The molecule has 1 aliphatic heterocycles. The van der Waals surface area contributed by atoms with Crippen molar-refractivity contribution in [2.75, 3.05) is 0 Å². The van der Waals surface area contributed by atoms with E-state index in [-0.39, 0.29) is 33.7 Å². The summed E-state index contributed by atoms with van der Waals surface area (Å²) in [7, 11) is -4.81. The van der Waals surface area contributed by atoms with Gasteiger partial charge >= 0.3 is 7.82 Å². The number of phosphoric acid groups is 1. The second-order valence-electron chi connectivity index (χ2n) is 13.2. The number of rotatable bonds is 4. The van der Waals surface area contributed by atoms with Crippen molar-refractivity contribution in [1.82, 2.24) is 0 Å². The Balaban J connectivity index is 1.55. The molecule has 44 heavy (non-hydrogen) atoms. The quantitative estimate of drug-likeness (QED) is 0.138. The van der Waals surface area contributed by atoms with Crippen molar-refractivity contribution in [3.63, 3.8) is 0 Å². The van der Waals surface area contributed by atoms with Crippen LogP contribution in [-0.4, -0.2) is 14.7 Å². The Bertz CT molecular complexity index is 1830. The molecule has 4 aromatic carbocycles. The second kappa shape index (κ2) is 9.00. The van der Waals surface area contributed by atoms with Crippen LogP contribution in [0.3, 0.4) is 0 Å². The Hall–Kier alpha value is -4.53. The predicted molar refractivity (Wildman–Crippen MR) is 164 cm³/mol. The van der Waals surface area contributed by atoms with E-state index < -0.39 is 23.1 Å². The van der Waals surface area contributed by atoms with Crippen LogP contribution in [0.4, 0.5) is 11.4 Å². The van der Waals surface area contributed by atoms with Gasteiger partial charge in [-0.05, 0) is 70.2 Å². The number of benzene rings is 4. The average Bonchev–Trinajstić information content (AvgIpc) is 3.32. The lowest BCUT2D eigenvalue weighted by atomic mass is 9.71. The molecule has 1 spiro atoms. The summed E-state index contributed by atoms with van der Waals surface area (Å²) in [5, 5.41) is 22.6. The van der Waals surface area contributed by atoms with Crippen molar-refractivity contribution in [1.29, 1.82) is 0 Å². The molecule has 4 aromatic rings. The molecule has 0 atom stereocenters. The zero-order chi connectivity index (χ0) is 31.4. The summed E-state index contributed by atoms with van der Waals surface area (Å²) in [6, 6.07) is 19.8. The van der Waals surface area contributed by atoms with Crippen LogP contribution in [0.25, 0.3) is 22.3 Å². The van der Waals surface area contributed by atoms with Crippen molar-refractivity contribution < 1.29 is 28.4 Å².